The van der Waals surface area contributed by atoms with Gasteiger partial charge >= 0.3 is 0 Å². The van der Waals surface area contributed by atoms with E-state index in [1.165, 1.54) is 0 Å². The maximum absolute atomic E-state index is 13.1. The molecule has 1 aromatic rings. The third kappa shape index (κ3) is 1.88. The molecule has 0 fully saturated rings. The van der Waals surface area contributed by atoms with Crippen LogP contribution in [0.25, 0.3) is 0 Å². The first-order valence-electron chi connectivity index (χ1n) is 3.92. The van der Waals surface area contributed by atoms with Gasteiger partial charge in [-0.05, 0) is 13.0 Å². The van der Waals surface area contributed by atoms with Gasteiger partial charge in [0.1, 0.15) is 11.4 Å². The molecule has 0 saturated heterocycles. The first kappa shape index (κ1) is 11.0. The molecule has 0 aliphatic carbocycles. The van der Waals surface area contributed by atoms with Crippen molar-refractivity contribution in [2.24, 2.45) is 0 Å². The van der Waals surface area contributed by atoms with Crippen LogP contribution in [0.1, 0.15) is 27.6 Å². The number of hydrogen-bond donors (Lipinski definition) is 0. The second-order valence-electron chi connectivity index (χ2n) is 2.79. The number of carbonyl (C=O) groups is 2. The van der Waals surface area contributed by atoms with E-state index < -0.39 is 33.3 Å². The number of nitro benzene ring substituents is 1. The van der Waals surface area contributed by atoms with E-state index in [-0.39, 0.29) is 6.29 Å². The summed E-state index contributed by atoms with van der Waals surface area (Å²) in [6.07, 6.45) is 0.109. The quantitative estimate of drug-likeness (QED) is 0.330. The van der Waals surface area contributed by atoms with E-state index in [0.717, 1.165) is 19.1 Å². The van der Waals surface area contributed by atoms with Crippen LogP contribution in [0, 0.1) is 15.9 Å². The molecule has 0 aliphatic rings. The van der Waals surface area contributed by atoms with Crippen LogP contribution < -0.4 is 0 Å². The average molecular weight is 211 g/mol. The van der Waals surface area contributed by atoms with Crippen molar-refractivity contribution in [3.63, 3.8) is 0 Å². The fraction of sp³-hybridized carbons (Fsp3) is 0.111. The van der Waals surface area contributed by atoms with Crippen molar-refractivity contribution < 1.29 is 18.9 Å². The van der Waals surface area contributed by atoms with Gasteiger partial charge in [-0.3, -0.25) is 19.7 Å². The van der Waals surface area contributed by atoms with Crippen LogP contribution in [0.5, 0.6) is 0 Å². The molecular weight excluding hydrogens is 205 g/mol. The van der Waals surface area contributed by atoms with E-state index in [0.29, 0.717) is 0 Å². The molecular formula is C9H6FNO4. The molecule has 0 heterocycles. The standard InChI is InChI=1S/C9H6FNO4/c1-5(13)9-6(4-12)8(11(14)15)3-2-7(9)10/h2-4H,1H3. The largest absolute Gasteiger partial charge is 0.298 e. The third-order valence-electron chi connectivity index (χ3n) is 1.84. The third-order valence-corrected chi connectivity index (χ3v) is 1.84. The van der Waals surface area contributed by atoms with Crippen molar-refractivity contribution in [3.8, 4) is 0 Å². The second-order valence-corrected chi connectivity index (χ2v) is 2.79. The van der Waals surface area contributed by atoms with Gasteiger partial charge in [-0.15, -0.1) is 0 Å². The Morgan fingerprint density at radius 1 is 1.53 bits per heavy atom. The number of benzene rings is 1. The summed E-state index contributed by atoms with van der Waals surface area (Å²) in [5.41, 5.74) is -1.64. The number of carbonyl (C=O) groups excluding carboxylic acids is 2. The molecule has 0 atom stereocenters. The van der Waals surface area contributed by atoms with Gasteiger partial charge < -0.3 is 0 Å². The lowest BCUT2D eigenvalue weighted by molar-refractivity contribution is -0.385. The Bertz CT molecular complexity index is 456. The summed E-state index contributed by atoms with van der Waals surface area (Å²) in [5, 5.41) is 10.5. The Morgan fingerprint density at radius 3 is 2.53 bits per heavy atom. The Balaban J connectivity index is 3.61. The van der Waals surface area contributed by atoms with Crippen molar-refractivity contribution in [1.82, 2.24) is 0 Å². The van der Waals surface area contributed by atoms with E-state index in [4.69, 9.17) is 0 Å². The Hall–Kier alpha value is -2.11. The van der Waals surface area contributed by atoms with Crippen molar-refractivity contribution in [2.75, 3.05) is 0 Å². The minimum Gasteiger partial charge on any atom is -0.298 e. The normalized spacial score (nSPS) is 9.73. The molecule has 0 N–H and O–H groups in total. The Morgan fingerprint density at radius 2 is 2.13 bits per heavy atom. The summed E-state index contributed by atoms with van der Waals surface area (Å²) in [6, 6.07) is 1.65. The van der Waals surface area contributed by atoms with Gasteiger partial charge in [0.2, 0.25) is 0 Å². The molecule has 0 aromatic heterocycles. The molecule has 0 spiro atoms. The van der Waals surface area contributed by atoms with Crippen molar-refractivity contribution >= 4 is 17.8 Å². The summed E-state index contributed by atoms with van der Waals surface area (Å²) in [6.45, 7) is 1.04. The maximum Gasteiger partial charge on any atom is 0.280 e. The van der Waals surface area contributed by atoms with Gasteiger partial charge in [0.15, 0.2) is 12.1 Å². The van der Waals surface area contributed by atoms with Crippen LogP contribution in [0.2, 0.25) is 0 Å². The van der Waals surface area contributed by atoms with Gasteiger partial charge in [0.05, 0.1) is 10.5 Å². The zero-order valence-corrected chi connectivity index (χ0v) is 7.69. The van der Waals surface area contributed by atoms with Gasteiger partial charge in [-0.25, -0.2) is 4.39 Å². The van der Waals surface area contributed by atoms with E-state index >= 15 is 0 Å². The minimum atomic E-state index is -0.935. The predicted octanol–water partition coefficient (Wildman–Crippen LogP) is 1.75. The first-order valence-corrected chi connectivity index (χ1v) is 3.92. The number of nitrogens with zero attached hydrogens (tertiary/aromatic N) is 1. The lowest BCUT2D eigenvalue weighted by Gasteiger charge is -2.02. The number of halogens is 1. The van der Waals surface area contributed by atoms with E-state index in [2.05, 4.69) is 0 Å². The Labute approximate surface area is 83.7 Å². The van der Waals surface area contributed by atoms with E-state index in [1.54, 1.807) is 0 Å². The van der Waals surface area contributed by atoms with Crippen molar-refractivity contribution in [2.45, 2.75) is 6.92 Å². The molecule has 0 radical (unpaired) electrons. The SMILES string of the molecule is CC(=O)c1c(F)ccc([N+](=O)[O-])c1C=O. The van der Waals surface area contributed by atoms with Crippen LogP contribution >= 0.6 is 0 Å². The van der Waals surface area contributed by atoms with Crippen molar-refractivity contribution in [3.05, 3.63) is 39.2 Å². The molecule has 0 bridgehead atoms. The smallest absolute Gasteiger partial charge is 0.280 e. The topological polar surface area (TPSA) is 77.3 Å². The highest BCUT2D eigenvalue weighted by molar-refractivity contribution is 6.03. The first-order chi connectivity index (χ1) is 6.99. The molecule has 0 aliphatic heterocycles. The van der Waals surface area contributed by atoms with Gasteiger partial charge in [0, 0.05) is 6.07 Å². The molecule has 15 heavy (non-hydrogen) atoms. The lowest BCUT2D eigenvalue weighted by atomic mass is 10.0. The highest BCUT2D eigenvalue weighted by Crippen LogP contribution is 2.23. The fourth-order valence-electron chi connectivity index (χ4n) is 1.22. The summed E-state index contributed by atoms with van der Waals surface area (Å²) in [4.78, 5) is 31.2. The summed E-state index contributed by atoms with van der Waals surface area (Å²) in [7, 11) is 0. The number of nitro groups is 1. The number of rotatable bonds is 3. The monoisotopic (exact) mass is 211 g/mol. The molecule has 5 nitrogen and oxygen atoms in total. The molecule has 0 saturated carbocycles. The Kier molecular flexibility index (Phi) is 2.89. The second kappa shape index (κ2) is 3.95. The zero-order chi connectivity index (χ0) is 11.6. The minimum absolute atomic E-state index is 0.109. The number of Topliss-reactive ketones (excluding diaryl/α,β-unsaturated/α-hetero) is 1. The summed E-state index contributed by atoms with van der Waals surface area (Å²) < 4.78 is 13.1. The zero-order valence-electron chi connectivity index (χ0n) is 7.69. The molecule has 6 heteroatoms. The molecule has 0 unspecified atom stereocenters. The van der Waals surface area contributed by atoms with Gasteiger partial charge in [-0.2, -0.15) is 0 Å². The molecule has 1 aromatic carbocycles. The predicted molar refractivity (Wildman–Crippen MR) is 48.4 cm³/mol. The number of ketones is 1. The maximum atomic E-state index is 13.1. The van der Waals surface area contributed by atoms with E-state index in [1.807, 2.05) is 0 Å². The molecule has 78 valence electrons. The van der Waals surface area contributed by atoms with Crippen LogP contribution in [0.15, 0.2) is 12.1 Å². The number of hydrogen-bond acceptors (Lipinski definition) is 4. The average Bonchev–Trinajstić information content (AvgIpc) is 2.15. The van der Waals surface area contributed by atoms with Crippen LogP contribution in [0.3, 0.4) is 0 Å². The van der Waals surface area contributed by atoms with Gasteiger partial charge in [-0.1, -0.05) is 0 Å². The lowest BCUT2D eigenvalue weighted by Crippen LogP contribution is -2.06. The van der Waals surface area contributed by atoms with Crippen LogP contribution in [-0.2, 0) is 0 Å². The van der Waals surface area contributed by atoms with E-state index in [9.17, 15) is 24.1 Å². The van der Waals surface area contributed by atoms with Crippen LogP contribution in [0.4, 0.5) is 10.1 Å². The molecule has 1 rings (SSSR count). The fourth-order valence-corrected chi connectivity index (χ4v) is 1.22. The number of aldehydes is 1. The van der Waals surface area contributed by atoms with Gasteiger partial charge in [0.25, 0.3) is 5.69 Å². The summed E-state index contributed by atoms with van der Waals surface area (Å²) >= 11 is 0. The van der Waals surface area contributed by atoms with Crippen LogP contribution in [-0.4, -0.2) is 17.0 Å². The highest BCUT2D eigenvalue weighted by Gasteiger charge is 2.22. The highest BCUT2D eigenvalue weighted by atomic mass is 19.1. The summed E-state index contributed by atoms with van der Waals surface area (Å²) in [5.74, 6) is -1.66. The molecule has 0 amide bonds. The van der Waals surface area contributed by atoms with Crippen molar-refractivity contribution in [1.29, 1.82) is 0 Å².